The summed E-state index contributed by atoms with van der Waals surface area (Å²) in [6, 6.07) is 4.47. The number of hydrogen-bond acceptors (Lipinski definition) is 3. The molecule has 2 N–H and O–H groups in total. The van der Waals surface area contributed by atoms with Gasteiger partial charge in [-0.15, -0.1) is 0 Å². The first-order chi connectivity index (χ1) is 7.42. The number of carbonyl (C=O) groups excluding carboxylic acids is 1. The third-order valence-electron chi connectivity index (χ3n) is 1.69. The molecule has 0 saturated heterocycles. The fourth-order valence-electron chi connectivity index (χ4n) is 0.971. The summed E-state index contributed by atoms with van der Waals surface area (Å²) < 4.78 is 35.5. The highest BCUT2D eigenvalue weighted by molar-refractivity contribution is 5.92. The lowest BCUT2D eigenvalue weighted by molar-refractivity contribution is -0.123. The Morgan fingerprint density at radius 1 is 1.44 bits per heavy atom. The Hall–Kier alpha value is -1.79. The van der Waals surface area contributed by atoms with Crippen molar-refractivity contribution in [3.05, 3.63) is 23.9 Å². The minimum Gasteiger partial charge on any atom is -0.373 e. The second-order valence-electron chi connectivity index (χ2n) is 2.96. The number of amides is 1. The first kappa shape index (κ1) is 12.3. The second-order valence-corrected chi connectivity index (χ2v) is 2.96. The molecule has 1 heterocycles. The molecule has 0 aromatic carbocycles. The van der Waals surface area contributed by atoms with Crippen molar-refractivity contribution in [3.8, 4) is 0 Å². The third kappa shape index (κ3) is 3.76. The van der Waals surface area contributed by atoms with E-state index in [1.807, 2.05) is 0 Å². The quantitative estimate of drug-likeness (QED) is 0.830. The van der Waals surface area contributed by atoms with Gasteiger partial charge < -0.3 is 10.6 Å². The van der Waals surface area contributed by atoms with E-state index in [1.54, 1.807) is 18.4 Å². The molecule has 0 radical (unpaired) electrons. The molecule has 1 amide bonds. The number of rotatable bonds is 3. The first-order valence-corrected chi connectivity index (χ1v) is 4.42. The lowest BCUT2D eigenvalue weighted by Crippen LogP contribution is -2.34. The molecule has 0 spiro atoms. The summed E-state index contributed by atoms with van der Waals surface area (Å²) in [4.78, 5) is 15.1. The van der Waals surface area contributed by atoms with Crippen LogP contribution in [-0.4, -0.2) is 30.7 Å². The first-order valence-electron chi connectivity index (χ1n) is 4.42. The average molecular weight is 233 g/mol. The Morgan fingerprint density at radius 2 is 2.12 bits per heavy atom. The highest BCUT2D eigenvalue weighted by Crippen LogP contribution is 2.12. The van der Waals surface area contributed by atoms with Crippen molar-refractivity contribution >= 4 is 11.7 Å². The van der Waals surface area contributed by atoms with Gasteiger partial charge in [-0.1, -0.05) is 6.07 Å². The molecular formula is C9H10F3N3O. The van der Waals surface area contributed by atoms with Crippen LogP contribution >= 0.6 is 0 Å². The summed E-state index contributed by atoms with van der Waals surface area (Å²) in [5.74, 6) is -0.436. The van der Waals surface area contributed by atoms with E-state index in [1.165, 1.54) is 12.1 Å². The number of alkyl halides is 3. The van der Waals surface area contributed by atoms with Crippen LogP contribution in [0.15, 0.2) is 18.2 Å². The third-order valence-corrected chi connectivity index (χ3v) is 1.69. The maximum absolute atomic E-state index is 11.8. The molecule has 0 unspecified atom stereocenters. The highest BCUT2D eigenvalue weighted by atomic mass is 19.4. The number of nitrogens with zero attached hydrogens (tertiary/aromatic N) is 1. The predicted octanol–water partition coefficient (Wildman–Crippen LogP) is 1.42. The second kappa shape index (κ2) is 4.82. The zero-order valence-corrected chi connectivity index (χ0v) is 8.43. The molecule has 0 aliphatic rings. The number of nitrogens with one attached hydrogen (secondary N) is 2. The topological polar surface area (TPSA) is 54.0 Å². The summed E-state index contributed by atoms with van der Waals surface area (Å²) >= 11 is 0. The van der Waals surface area contributed by atoms with Gasteiger partial charge in [-0.25, -0.2) is 4.98 Å². The maximum atomic E-state index is 11.8. The number of halogens is 3. The lowest BCUT2D eigenvalue weighted by Gasteiger charge is -2.08. The Kier molecular flexibility index (Phi) is 3.70. The van der Waals surface area contributed by atoms with E-state index in [-0.39, 0.29) is 5.69 Å². The molecule has 0 fully saturated rings. The van der Waals surface area contributed by atoms with E-state index in [9.17, 15) is 18.0 Å². The molecule has 1 aromatic rings. The van der Waals surface area contributed by atoms with Gasteiger partial charge in [-0.05, 0) is 12.1 Å². The summed E-state index contributed by atoms with van der Waals surface area (Å²) in [6.45, 7) is -1.36. The van der Waals surface area contributed by atoms with Gasteiger partial charge in [0.15, 0.2) is 0 Å². The smallest absolute Gasteiger partial charge is 0.373 e. The Balaban J connectivity index is 2.66. The van der Waals surface area contributed by atoms with Crippen molar-refractivity contribution in [2.24, 2.45) is 0 Å². The van der Waals surface area contributed by atoms with E-state index < -0.39 is 18.6 Å². The molecule has 0 bridgehead atoms. The highest BCUT2D eigenvalue weighted by Gasteiger charge is 2.28. The van der Waals surface area contributed by atoms with Gasteiger partial charge in [0.2, 0.25) is 0 Å². The zero-order chi connectivity index (χ0) is 12.2. The van der Waals surface area contributed by atoms with Gasteiger partial charge in [0, 0.05) is 7.05 Å². The van der Waals surface area contributed by atoms with Crippen LogP contribution in [0.5, 0.6) is 0 Å². The van der Waals surface area contributed by atoms with Crippen LogP contribution in [0.2, 0.25) is 0 Å². The number of carbonyl (C=O) groups is 1. The number of anilines is 1. The molecule has 0 aliphatic carbocycles. The van der Waals surface area contributed by atoms with Crippen molar-refractivity contribution in [2.75, 3.05) is 18.9 Å². The number of hydrogen-bond donors (Lipinski definition) is 2. The van der Waals surface area contributed by atoms with Gasteiger partial charge >= 0.3 is 6.18 Å². The Morgan fingerprint density at radius 3 is 2.69 bits per heavy atom. The van der Waals surface area contributed by atoms with E-state index in [2.05, 4.69) is 10.3 Å². The Bertz CT molecular complexity index is 379. The molecule has 16 heavy (non-hydrogen) atoms. The van der Waals surface area contributed by atoms with Crippen LogP contribution in [0.1, 0.15) is 10.5 Å². The van der Waals surface area contributed by atoms with Crippen LogP contribution < -0.4 is 10.6 Å². The number of aromatic nitrogens is 1. The normalized spacial score (nSPS) is 11.0. The van der Waals surface area contributed by atoms with E-state index in [0.29, 0.717) is 5.82 Å². The molecule has 4 nitrogen and oxygen atoms in total. The molecular weight excluding hydrogens is 223 g/mol. The van der Waals surface area contributed by atoms with E-state index in [0.717, 1.165) is 0 Å². The predicted molar refractivity (Wildman–Crippen MR) is 52.2 cm³/mol. The summed E-state index contributed by atoms with van der Waals surface area (Å²) in [5.41, 5.74) is -0.0592. The van der Waals surface area contributed by atoms with Crippen molar-refractivity contribution in [3.63, 3.8) is 0 Å². The maximum Gasteiger partial charge on any atom is 0.405 e. The Labute approximate surface area is 89.9 Å². The zero-order valence-electron chi connectivity index (χ0n) is 8.43. The number of pyridine rings is 1. The molecule has 88 valence electrons. The van der Waals surface area contributed by atoms with Crippen LogP contribution in [0, 0.1) is 0 Å². The van der Waals surface area contributed by atoms with Crippen molar-refractivity contribution in [2.45, 2.75) is 6.18 Å². The SMILES string of the molecule is CNc1cccc(C(=O)NCC(F)(F)F)n1. The van der Waals surface area contributed by atoms with E-state index in [4.69, 9.17) is 0 Å². The lowest BCUT2D eigenvalue weighted by atomic mass is 10.3. The van der Waals surface area contributed by atoms with Gasteiger partial charge in [-0.3, -0.25) is 4.79 Å². The van der Waals surface area contributed by atoms with Crippen LogP contribution in [0.25, 0.3) is 0 Å². The molecule has 7 heteroatoms. The van der Waals surface area contributed by atoms with Crippen LogP contribution in [-0.2, 0) is 0 Å². The summed E-state index contributed by atoms with van der Waals surface area (Å²) in [7, 11) is 1.60. The average Bonchev–Trinajstić information content (AvgIpc) is 2.25. The molecule has 1 aromatic heterocycles. The molecule has 0 atom stereocenters. The molecule has 0 saturated carbocycles. The minimum absolute atomic E-state index is 0.0592. The largest absolute Gasteiger partial charge is 0.405 e. The van der Waals surface area contributed by atoms with Gasteiger partial charge in [-0.2, -0.15) is 13.2 Å². The van der Waals surface area contributed by atoms with Crippen molar-refractivity contribution < 1.29 is 18.0 Å². The fourth-order valence-corrected chi connectivity index (χ4v) is 0.971. The van der Waals surface area contributed by atoms with Gasteiger partial charge in [0.1, 0.15) is 18.1 Å². The van der Waals surface area contributed by atoms with Crippen molar-refractivity contribution in [1.29, 1.82) is 0 Å². The van der Waals surface area contributed by atoms with Gasteiger partial charge in [0.05, 0.1) is 0 Å². The fraction of sp³-hybridized carbons (Fsp3) is 0.333. The van der Waals surface area contributed by atoms with E-state index >= 15 is 0 Å². The summed E-state index contributed by atoms with van der Waals surface area (Å²) in [6.07, 6.45) is -4.42. The van der Waals surface area contributed by atoms with Crippen LogP contribution in [0.3, 0.4) is 0 Å². The standard InChI is InChI=1S/C9H10F3N3O/c1-13-7-4-2-3-6(15-7)8(16)14-5-9(10,11)12/h2-4H,5H2,1H3,(H,13,15)(H,14,16). The van der Waals surface area contributed by atoms with Crippen molar-refractivity contribution in [1.82, 2.24) is 10.3 Å². The monoisotopic (exact) mass is 233 g/mol. The van der Waals surface area contributed by atoms with Crippen LogP contribution in [0.4, 0.5) is 19.0 Å². The minimum atomic E-state index is -4.42. The molecule has 0 aliphatic heterocycles. The van der Waals surface area contributed by atoms with Gasteiger partial charge in [0.25, 0.3) is 5.91 Å². The summed E-state index contributed by atoms with van der Waals surface area (Å²) in [5, 5.41) is 4.42. The molecule has 1 rings (SSSR count).